The fraction of sp³-hybridized carbons (Fsp3) is 0.0476. The van der Waals surface area contributed by atoms with Gasteiger partial charge in [0.15, 0.2) is 9.84 Å². The van der Waals surface area contributed by atoms with E-state index in [-0.39, 0.29) is 21.0 Å². The number of aromatic nitrogens is 2. The van der Waals surface area contributed by atoms with Crippen molar-refractivity contribution in [2.45, 2.75) is 9.79 Å². The van der Waals surface area contributed by atoms with Gasteiger partial charge in [-0.05, 0) is 42.5 Å². The van der Waals surface area contributed by atoms with Crippen LogP contribution in [0.5, 0.6) is 0 Å². The van der Waals surface area contributed by atoms with E-state index >= 15 is 0 Å². The molecule has 0 spiro atoms. The fourth-order valence-electron chi connectivity index (χ4n) is 3.26. The quantitative estimate of drug-likeness (QED) is 0.391. The van der Waals surface area contributed by atoms with Crippen LogP contribution in [0.15, 0.2) is 76.5 Å². The Kier molecular flexibility index (Phi) is 5.23. The van der Waals surface area contributed by atoms with Crippen LogP contribution in [0, 0.1) is 0 Å². The second-order valence-corrected chi connectivity index (χ2v) is 10.7. The van der Waals surface area contributed by atoms with Crippen LogP contribution in [-0.2, 0) is 19.9 Å². The second kappa shape index (κ2) is 7.77. The maximum atomic E-state index is 12.9. The summed E-state index contributed by atoms with van der Waals surface area (Å²) in [6, 6.07) is 16.2. The first-order valence-electron chi connectivity index (χ1n) is 9.20. The Balaban J connectivity index is 1.74. The molecule has 0 amide bonds. The highest BCUT2D eigenvalue weighted by Crippen LogP contribution is 2.30. The highest BCUT2D eigenvalue weighted by Gasteiger charge is 2.24. The fourth-order valence-corrected chi connectivity index (χ4v) is 5.94. The first-order chi connectivity index (χ1) is 15.1. The summed E-state index contributed by atoms with van der Waals surface area (Å²) in [4.78, 5) is 10.4. The topological polar surface area (TPSA) is 146 Å². The van der Waals surface area contributed by atoms with E-state index in [4.69, 9.17) is 5.11 Å². The number of carboxylic acid groups (broad SMARTS) is 1. The van der Waals surface area contributed by atoms with Gasteiger partial charge in [0.05, 0.1) is 21.7 Å². The Hall–Kier alpha value is -3.70. The van der Waals surface area contributed by atoms with Crippen LogP contribution in [-0.4, -0.2) is 44.4 Å². The van der Waals surface area contributed by atoms with Gasteiger partial charge in [0.25, 0.3) is 10.0 Å². The van der Waals surface area contributed by atoms with Crippen molar-refractivity contribution in [1.82, 2.24) is 10.2 Å². The summed E-state index contributed by atoms with van der Waals surface area (Å²) in [6.45, 7) is 0. The molecule has 0 fully saturated rings. The van der Waals surface area contributed by atoms with Gasteiger partial charge < -0.3 is 5.11 Å². The number of hydrogen-bond acceptors (Lipinski definition) is 6. The zero-order valence-electron chi connectivity index (χ0n) is 16.6. The molecule has 0 saturated carbocycles. The van der Waals surface area contributed by atoms with Gasteiger partial charge in [0, 0.05) is 22.9 Å². The van der Waals surface area contributed by atoms with Crippen LogP contribution in [0.25, 0.3) is 22.2 Å². The summed E-state index contributed by atoms with van der Waals surface area (Å²) >= 11 is 0. The molecule has 0 saturated heterocycles. The monoisotopic (exact) mass is 471 g/mol. The van der Waals surface area contributed by atoms with Crippen molar-refractivity contribution in [2.75, 3.05) is 11.0 Å². The van der Waals surface area contributed by atoms with Crippen LogP contribution in [0.3, 0.4) is 0 Å². The van der Waals surface area contributed by atoms with Crippen LogP contribution >= 0.6 is 0 Å². The van der Waals surface area contributed by atoms with Gasteiger partial charge in [-0.3, -0.25) is 9.82 Å². The summed E-state index contributed by atoms with van der Waals surface area (Å²) < 4.78 is 52.3. The number of benzene rings is 3. The van der Waals surface area contributed by atoms with E-state index in [1.807, 2.05) is 0 Å². The number of anilines is 1. The maximum Gasteiger partial charge on any atom is 0.335 e. The molecule has 11 heteroatoms. The molecule has 4 aromatic rings. The summed E-state index contributed by atoms with van der Waals surface area (Å²) in [6.07, 6.45) is 0.945. The number of hydrogen-bond donors (Lipinski definition) is 3. The van der Waals surface area contributed by atoms with Crippen molar-refractivity contribution >= 4 is 42.4 Å². The summed E-state index contributed by atoms with van der Waals surface area (Å²) in [5.41, 5.74) is 2.14. The molecular formula is C21H17N3O6S2. The number of H-pyrrole nitrogens is 1. The Morgan fingerprint density at radius 3 is 2.22 bits per heavy atom. The van der Waals surface area contributed by atoms with E-state index in [1.165, 1.54) is 42.5 Å². The minimum atomic E-state index is -4.20. The van der Waals surface area contributed by atoms with Crippen molar-refractivity contribution in [3.8, 4) is 11.3 Å². The lowest BCUT2D eigenvalue weighted by Gasteiger charge is -2.11. The van der Waals surface area contributed by atoms with Gasteiger partial charge in [0.2, 0.25) is 0 Å². The van der Waals surface area contributed by atoms with Crippen molar-refractivity contribution in [2.24, 2.45) is 0 Å². The molecule has 32 heavy (non-hydrogen) atoms. The summed E-state index contributed by atoms with van der Waals surface area (Å²) in [5, 5.41) is 16.8. The van der Waals surface area contributed by atoms with Crippen LogP contribution in [0.2, 0.25) is 0 Å². The molecule has 4 rings (SSSR count). The van der Waals surface area contributed by atoms with Gasteiger partial charge in [-0.1, -0.05) is 24.3 Å². The third-order valence-corrected chi connectivity index (χ3v) is 7.48. The number of nitrogens with zero attached hydrogens (tertiary/aromatic N) is 1. The molecule has 9 nitrogen and oxygen atoms in total. The molecule has 0 aliphatic carbocycles. The van der Waals surface area contributed by atoms with E-state index in [9.17, 15) is 21.6 Å². The lowest BCUT2D eigenvalue weighted by atomic mass is 10.1. The number of aromatic amines is 1. The molecule has 0 aliphatic heterocycles. The zero-order valence-corrected chi connectivity index (χ0v) is 18.2. The Morgan fingerprint density at radius 2 is 1.59 bits per heavy atom. The smallest absolute Gasteiger partial charge is 0.335 e. The summed E-state index contributed by atoms with van der Waals surface area (Å²) in [7, 11) is -7.96. The normalized spacial score (nSPS) is 12.0. The van der Waals surface area contributed by atoms with E-state index in [2.05, 4.69) is 14.9 Å². The maximum absolute atomic E-state index is 12.9. The minimum Gasteiger partial charge on any atom is -0.478 e. The molecule has 0 radical (unpaired) electrons. The van der Waals surface area contributed by atoms with Gasteiger partial charge in [0.1, 0.15) is 4.90 Å². The molecule has 0 bridgehead atoms. The molecule has 1 aromatic heterocycles. The number of rotatable bonds is 6. The van der Waals surface area contributed by atoms with E-state index in [0.717, 1.165) is 6.26 Å². The number of sulfone groups is 1. The zero-order chi connectivity index (χ0) is 23.1. The SMILES string of the molecule is CS(=O)(=O)c1ccccc1S(=O)(=O)Nc1ccc2[nH]nc(-c3ccc(C(=O)O)cc3)c2c1. The van der Waals surface area contributed by atoms with Gasteiger partial charge >= 0.3 is 5.97 Å². The average molecular weight is 472 g/mol. The molecular weight excluding hydrogens is 454 g/mol. The Labute approximate surface area is 183 Å². The predicted octanol–water partition coefficient (Wildman–Crippen LogP) is 3.13. The number of fused-ring (bicyclic) bond motifs is 1. The summed E-state index contributed by atoms with van der Waals surface area (Å²) in [5.74, 6) is -1.05. The first-order valence-corrected chi connectivity index (χ1v) is 12.6. The van der Waals surface area contributed by atoms with Gasteiger partial charge in [-0.15, -0.1) is 0 Å². The van der Waals surface area contributed by atoms with Gasteiger partial charge in [-0.2, -0.15) is 5.10 Å². The lowest BCUT2D eigenvalue weighted by Crippen LogP contribution is -2.16. The average Bonchev–Trinajstić information content (AvgIpc) is 3.16. The molecule has 164 valence electrons. The second-order valence-electron chi connectivity index (χ2n) is 7.04. The largest absolute Gasteiger partial charge is 0.478 e. The first kappa shape index (κ1) is 21.5. The number of aromatic carboxylic acids is 1. The van der Waals surface area contributed by atoms with Crippen LogP contribution < -0.4 is 4.72 Å². The molecule has 1 heterocycles. The van der Waals surface area contributed by atoms with Gasteiger partial charge in [-0.25, -0.2) is 21.6 Å². The highest BCUT2D eigenvalue weighted by atomic mass is 32.2. The molecule has 3 N–H and O–H groups in total. The standard InChI is InChI=1S/C21H17N3O6S2/c1-31(27,28)18-4-2-3-5-19(18)32(29,30)24-15-10-11-17-16(12-15)20(23-22-17)13-6-8-14(9-7-13)21(25)26/h2-12,24H,1H3,(H,22,23)(H,25,26). The lowest BCUT2D eigenvalue weighted by molar-refractivity contribution is 0.0697. The Morgan fingerprint density at radius 1 is 0.938 bits per heavy atom. The van der Waals surface area contributed by atoms with Crippen LogP contribution in [0.4, 0.5) is 5.69 Å². The molecule has 3 aromatic carbocycles. The van der Waals surface area contributed by atoms with Crippen molar-refractivity contribution < 1.29 is 26.7 Å². The van der Waals surface area contributed by atoms with Crippen LogP contribution in [0.1, 0.15) is 10.4 Å². The predicted molar refractivity (Wildman–Crippen MR) is 119 cm³/mol. The number of carboxylic acids is 1. The van der Waals surface area contributed by atoms with E-state index in [1.54, 1.807) is 24.3 Å². The number of carbonyl (C=O) groups is 1. The van der Waals surface area contributed by atoms with Crippen molar-refractivity contribution in [1.29, 1.82) is 0 Å². The minimum absolute atomic E-state index is 0.131. The molecule has 0 unspecified atom stereocenters. The number of sulfonamides is 1. The molecule has 0 aliphatic rings. The van der Waals surface area contributed by atoms with E-state index in [0.29, 0.717) is 22.2 Å². The highest BCUT2D eigenvalue weighted by molar-refractivity contribution is 7.95. The Bertz CT molecular complexity index is 1560. The van der Waals surface area contributed by atoms with Crippen molar-refractivity contribution in [3.05, 3.63) is 72.3 Å². The third-order valence-electron chi connectivity index (χ3n) is 4.76. The van der Waals surface area contributed by atoms with E-state index < -0.39 is 25.8 Å². The number of nitrogens with one attached hydrogen (secondary N) is 2. The molecule has 0 atom stereocenters. The third kappa shape index (κ3) is 4.07. The van der Waals surface area contributed by atoms with Crippen molar-refractivity contribution in [3.63, 3.8) is 0 Å².